The smallest absolute Gasteiger partial charge is 0.164 e. The van der Waals surface area contributed by atoms with Crippen molar-refractivity contribution in [2.45, 2.75) is 18.9 Å². The molecular weight excluding hydrogens is 180 g/mol. The van der Waals surface area contributed by atoms with E-state index in [1.807, 2.05) is 18.2 Å². The summed E-state index contributed by atoms with van der Waals surface area (Å²) < 4.78 is 10.8. The average molecular weight is 194 g/mol. The van der Waals surface area contributed by atoms with E-state index in [1.54, 1.807) is 7.11 Å². The van der Waals surface area contributed by atoms with Gasteiger partial charge in [0.1, 0.15) is 6.10 Å². The number of fused-ring (bicyclic) bond motifs is 1. The average Bonchev–Trinajstić information content (AvgIpc) is 2.27. The van der Waals surface area contributed by atoms with Crippen molar-refractivity contribution >= 4 is 0 Å². The van der Waals surface area contributed by atoms with Crippen LogP contribution in [0.25, 0.3) is 0 Å². The molecule has 3 heteroatoms. The van der Waals surface area contributed by atoms with Crippen LogP contribution in [0.3, 0.4) is 0 Å². The fraction of sp³-hybridized carbons (Fsp3) is 0.455. The van der Waals surface area contributed by atoms with E-state index in [9.17, 15) is 0 Å². The third-order valence-electron chi connectivity index (χ3n) is 2.50. The van der Waals surface area contributed by atoms with Gasteiger partial charge in [0.05, 0.1) is 13.7 Å². The summed E-state index contributed by atoms with van der Waals surface area (Å²) in [7, 11) is 1.63. The first-order chi connectivity index (χ1) is 6.85. The summed E-state index contributed by atoms with van der Waals surface area (Å²) in [6, 6.07) is 5.87. The monoisotopic (exact) mass is 194 g/mol. The molecule has 1 atom stereocenters. The predicted molar refractivity (Wildman–Crippen MR) is 52.8 cm³/mol. The summed E-state index contributed by atoms with van der Waals surface area (Å²) in [6.45, 7) is 0.0670. The number of rotatable bonds is 2. The van der Waals surface area contributed by atoms with Crippen LogP contribution in [-0.2, 0) is 6.42 Å². The molecule has 0 saturated heterocycles. The Balaban J connectivity index is 2.33. The molecule has 0 saturated carbocycles. The molecule has 0 amide bonds. The molecule has 3 nitrogen and oxygen atoms in total. The molecule has 1 aliphatic rings. The first-order valence-electron chi connectivity index (χ1n) is 4.78. The van der Waals surface area contributed by atoms with Crippen LogP contribution in [0.15, 0.2) is 18.2 Å². The molecule has 0 spiro atoms. The van der Waals surface area contributed by atoms with Crippen LogP contribution < -0.4 is 9.47 Å². The van der Waals surface area contributed by atoms with Gasteiger partial charge in [-0.25, -0.2) is 0 Å². The normalized spacial score (nSPS) is 19.7. The van der Waals surface area contributed by atoms with E-state index < -0.39 is 0 Å². The number of benzene rings is 1. The van der Waals surface area contributed by atoms with Gasteiger partial charge in [-0.2, -0.15) is 0 Å². The van der Waals surface area contributed by atoms with Gasteiger partial charge in [-0.15, -0.1) is 0 Å². The highest BCUT2D eigenvalue weighted by molar-refractivity contribution is 5.47. The van der Waals surface area contributed by atoms with Gasteiger partial charge < -0.3 is 14.6 Å². The number of aliphatic hydroxyl groups is 1. The number of methoxy groups -OCH3 is 1. The number of hydrogen-bond acceptors (Lipinski definition) is 3. The quantitative estimate of drug-likeness (QED) is 0.773. The number of aliphatic hydroxyl groups excluding tert-OH is 1. The zero-order chi connectivity index (χ0) is 9.97. The number of para-hydroxylation sites is 1. The van der Waals surface area contributed by atoms with E-state index in [2.05, 4.69) is 0 Å². The Morgan fingerprint density at radius 3 is 3.14 bits per heavy atom. The molecule has 1 aromatic carbocycles. The number of ether oxygens (including phenoxy) is 2. The summed E-state index contributed by atoms with van der Waals surface area (Å²) in [5.41, 5.74) is 1.16. The SMILES string of the molecule is COc1cccc2c1OC(CO)CC2. The van der Waals surface area contributed by atoms with Gasteiger partial charge in [-0.05, 0) is 24.5 Å². The van der Waals surface area contributed by atoms with E-state index in [-0.39, 0.29) is 12.7 Å². The second-order valence-corrected chi connectivity index (χ2v) is 3.41. The molecule has 0 fully saturated rings. The third-order valence-corrected chi connectivity index (χ3v) is 2.50. The van der Waals surface area contributed by atoms with E-state index in [4.69, 9.17) is 14.6 Å². The van der Waals surface area contributed by atoms with Crippen LogP contribution >= 0.6 is 0 Å². The molecule has 2 rings (SSSR count). The second-order valence-electron chi connectivity index (χ2n) is 3.41. The zero-order valence-electron chi connectivity index (χ0n) is 8.19. The van der Waals surface area contributed by atoms with Crippen molar-refractivity contribution in [1.82, 2.24) is 0 Å². The highest BCUT2D eigenvalue weighted by Gasteiger charge is 2.21. The maximum Gasteiger partial charge on any atom is 0.164 e. The Bertz CT molecular complexity index is 308. The standard InChI is InChI=1S/C11H14O3/c1-13-10-4-2-3-8-5-6-9(7-12)14-11(8)10/h2-4,9,12H,5-7H2,1H3. The number of aryl methyl sites for hydroxylation is 1. The highest BCUT2D eigenvalue weighted by atomic mass is 16.5. The van der Waals surface area contributed by atoms with E-state index in [1.165, 1.54) is 0 Å². The van der Waals surface area contributed by atoms with Gasteiger partial charge in [-0.1, -0.05) is 12.1 Å². The molecular formula is C11H14O3. The third kappa shape index (κ3) is 1.55. The molecule has 0 bridgehead atoms. The van der Waals surface area contributed by atoms with Gasteiger partial charge in [0.25, 0.3) is 0 Å². The maximum absolute atomic E-state index is 9.01. The summed E-state index contributed by atoms with van der Waals surface area (Å²) in [6.07, 6.45) is 1.73. The molecule has 14 heavy (non-hydrogen) atoms. The molecule has 76 valence electrons. The Hall–Kier alpha value is -1.22. The van der Waals surface area contributed by atoms with Crippen LogP contribution in [0.2, 0.25) is 0 Å². The van der Waals surface area contributed by atoms with Gasteiger partial charge in [0.15, 0.2) is 11.5 Å². The maximum atomic E-state index is 9.01. The van der Waals surface area contributed by atoms with Crippen LogP contribution in [0, 0.1) is 0 Å². The van der Waals surface area contributed by atoms with Gasteiger partial charge in [0, 0.05) is 0 Å². The minimum Gasteiger partial charge on any atom is -0.493 e. The predicted octanol–water partition coefficient (Wildman–Crippen LogP) is 1.38. The van der Waals surface area contributed by atoms with Crippen LogP contribution in [0.5, 0.6) is 11.5 Å². The van der Waals surface area contributed by atoms with Crippen molar-refractivity contribution in [3.05, 3.63) is 23.8 Å². The van der Waals surface area contributed by atoms with Gasteiger partial charge >= 0.3 is 0 Å². The van der Waals surface area contributed by atoms with Crippen LogP contribution in [0.4, 0.5) is 0 Å². The van der Waals surface area contributed by atoms with Crippen molar-refractivity contribution in [3.8, 4) is 11.5 Å². The Labute approximate surface area is 83.3 Å². The fourth-order valence-corrected chi connectivity index (χ4v) is 1.72. The van der Waals surface area contributed by atoms with Crippen molar-refractivity contribution in [3.63, 3.8) is 0 Å². The van der Waals surface area contributed by atoms with Crippen molar-refractivity contribution in [2.24, 2.45) is 0 Å². The largest absolute Gasteiger partial charge is 0.493 e. The summed E-state index contributed by atoms with van der Waals surface area (Å²) in [5, 5.41) is 9.01. The van der Waals surface area contributed by atoms with E-state index >= 15 is 0 Å². The molecule has 1 N–H and O–H groups in total. The second kappa shape index (κ2) is 3.88. The number of hydrogen-bond donors (Lipinski definition) is 1. The summed E-state index contributed by atoms with van der Waals surface area (Å²) in [5.74, 6) is 1.54. The fourth-order valence-electron chi connectivity index (χ4n) is 1.72. The lowest BCUT2D eigenvalue weighted by atomic mass is 10.0. The Morgan fingerprint density at radius 1 is 1.57 bits per heavy atom. The Kier molecular flexibility index (Phi) is 2.59. The first-order valence-corrected chi connectivity index (χ1v) is 4.78. The summed E-state index contributed by atoms with van der Waals surface area (Å²) >= 11 is 0. The lowest BCUT2D eigenvalue weighted by molar-refractivity contribution is 0.0945. The lowest BCUT2D eigenvalue weighted by Gasteiger charge is -2.25. The molecule has 1 aromatic rings. The van der Waals surface area contributed by atoms with E-state index in [0.717, 1.165) is 29.9 Å². The van der Waals surface area contributed by atoms with Gasteiger partial charge in [-0.3, -0.25) is 0 Å². The van der Waals surface area contributed by atoms with Crippen LogP contribution in [-0.4, -0.2) is 24.9 Å². The minimum absolute atomic E-state index is 0.0670. The Morgan fingerprint density at radius 2 is 2.43 bits per heavy atom. The highest BCUT2D eigenvalue weighted by Crippen LogP contribution is 2.36. The molecule has 0 aromatic heterocycles. The summed E-state index contributed by atoms with van der Waals surface area (Å²) in [4.78, 5) is 0. The van der Waals surface area contributed by atoms with Crippen molar-refractivity contribution < 1.29 is 14.6 Å². The molecule has 1 heterocycles. The minimum atomic E-state index is -0.0844. The first kappa shape index (κ1) is 9.34. The van der Waals surface area contributed by atoms with Crippen molar-refractivity contribution in [1.29, 1.82) is 0 Å². The lowest BCUT2D eigenvalue weighted by Crippen LogP contribution is -2.26. The molecule has 1 aliphatic heterocycles. The topological polar surface area (TPSA) is 38.7 Å². The molecule has 0 radical (unpaired) electrons. The van der Waals surface area contributed by atoms with Crippen LogP contribution in [0.1, 0.15) is 12.0 Å². The molecule has 1 unspecified atom stereocenters. The zero-order valence-corrected chi connectivity index (χ0v) is 8.19. The van der Waals surface area contributed by atoms with Gasteiger partial charge in [0.2, 0.25) is 0 Å². The van der Waals surface area contributed by atoms with Crippen molar-refractivity contribution in [2.75, 3.05) is 13.7 Å². The molecule has 0 aliphatic carbocycles. The van der Waals surface area contributed by atoms with E-state index in [0.29, 0.717) is 0 Å².